The van der Waals surface area contributed by atoms with Gasteiger partial charge in [-0.25, -0.2) is 8.78 Å². The topological polar surface area (TPSA) is 80.9 Å². The van der Waals surface area contributed by atoms with E-state index in [1.165, 1.54) is 18.2 Å². The van der Waals surface area contributed by atoms with E-state index in [0.717, 1.165) is 5.56 Å². The Balaban J connectivity index is 1.50. The molecule has 1 unspecified atom stereocenters. The van der Waals surface area contributed by atoms with Crippen LogP contribution in [0, 0.1) is 11.6 Å². The van der Waals surface area contributed by atoms with Crippen LogP contribution in [0.25, 0.3) is 11.4 Å². The van der Waals surface area contributed by atoms with Crippen molar-refractivity contribution in [2.24, 2.45) is 0 Å². The van der Waals surface area contributed by atoms with Gasteiger partial charge in [0, 0.05) is 42.4 Å². The summed E-state index contributed by atoms with van der Waals surface area (Å²) in [6.45, 7) is 1.69. The molecule has 8 heteroatoms. The lowest BCUT2D eigenvalue weighted by atomic mass is 10.1. The Morgan fingerprint density at radius 2 is 2.00 bits per heavy atom. The lowest BCUT2D eigenvalue weighted by Gasteiger charge is -2.14. The van der Waals surface area contributed by atoms with Crippen LogP contribution < -0.4 is 5.32 Å². The molecule has 0 spiro atoms. The number of pyridine rings is 1. The average molecular weight is 372 g/mol. The number of carbonyl (C=O) groups is 1. The first-order valence-electron chi connectivity index (χ1n) is 8.48. The van der Waals surface area contributed by atoms with Crippen LogP contribution in [-0.2, 0) is 17.6 Å². The van der Waals surface area contributed by atoms with Crippen LogP contribution in [0.1, 0.15) is 24.8 Å². The van der Waals surface area contributed by atoms with Gasteiger partial charge in [0.15, 0.2) is 0 Å². The monoisotopic (exact) mass is 372 g/mol. The van der Waals surface area contributed by atoms with Gasteiger partial charge in [0.25, 0.3) is 0 Å². The standard InChI is InChI=1S/C19H18F2N4O2/c1-12(10-14-15(20)5-2-6-16(14)21)23-17(26)7-8-18-24-19(25-27-18)13-4-3-9-22-11-13/h2-6,9,11-12H,7-8,10H2,1H3,(H,23,26). The highest BCUT2D eigenvalue weighted by molar-refractivity contribution is 5.76. The molecule has 1 aromatic carbocycles. The van der Waals surface area contributed by atoms with Crippen molar-refractivity contribution in [1.82, 2.24) is 20.4 Å². The number of rotatable bonds is 7. The van der Waals surface area contributed by atoms with Gasteiger partial charge in [-0.15, -0.1) is 0 Å². The van der Waals surface area contributed by atoms with Gasteiger partial charge in [-0.3, -0.25) is 9.78 Å². The Morgan fingerprint density at radius 3 is 2.70 bits per heavy atom. The number of hydrogen-bond acceptors (Lipinski definition) is 5. The van der Waals surface area contributed by atoms with Crippen molar-refractivity contribution in [3.63, 3.8) is 0 Å². The Hall–Kier alpha value is -3.16. The Morgan fingerprint density at radius 1 is 1.22 bits per heavy atom. The van der Waals surface area contributed by atoms with Crippen molar-refractivity contribution in [3.8, 4) is 11.4 Å². The van der Waals surface area contributed by atoms with Gasteiger partial charge in [-0.1, -0.05) is 11.2 Å². The van der Waals surface area contributed by atoms with Crippen LogP contribution >= 0.6 is 0 Å². The second-order valence-electron chi connectivity index (χ2n) is 6.13. The van der Waals surface area contributed by atoms with Gasteiger partial charge in [0.2, 0.25) is 17.6 Å². The van der Waals surface area contributed by atoms with Crippen LogP contribution in [0.3, 0.4) is 0 Å². The van der Waals surface area contributed by atoms with Gasteiger partial charge in [-0.05, 0) is 37.6 Å². The minimum absolute atomic E-state index is 0.0386. The molecule has 0 bridgehead atoms. The van der Waals surface area contributed by atoms with Crippen LogP contribution in [-0.4, -0.2) is 27.1 Å². The summed E-state index contributed by atoms with van der Waals surface area (Å²) in [6, 6.07) is 6.85. The molecule has 0 aliphatic carbocycles. The molecule has 1 atom stereocenters. The number of hydrogen-bond donors (Lipinski definition) is 1. The molecular formula is C19H18F2N4O2. The second kappa shape index (κ2) is 8.48. The third-order valence-corrected chi connectivity index (χ3v) is 3.93. The Labute approximate surface area is 154 Å². The van der Waals surface area contributed by atoms with Crippen molar-refractivity contribution < 1.29 is 18.1 Å². The van der Waals surface area contributed by atoms with Gasteiger partial charge < -0.3 is 9.84 Å². The van der Waals surface area contributed by atoms with Gasteiger partial charge in [0.05, 0.1) is 0 Å². The lowest BCUT2D eigenvalue weighted by molar-refractivity contribution is -0.121. The molecule has 1 N–H and O–H groups in total. The maximum atomic E-state index is 13.7. The summed E-state index contributed by atoms with van der Waals surface area (Å²) in [7, 11) is 0. The van der Waals surface area contributed by atoms with E-state index in [4.69, 9.17) is 4.52 Å². The molecule has 3 aromatic rings. The maximum Gasteiger partial charge on any atom is 0.227 e. The number of aromatic nitrogens is 3. The van der Waals surface area contributed by atoms with E-state index in [1.807, 2.05) is 0 Å². The molecule has 2 heterocycles. The molecule has 140 valence electrons. The number of nitrogens with zero attached hydrogens (tertiary/aromatic N) is 3. The molecule has 2 aromatic heterocycles. The summed E-state index contributed by atoms with van der Waals surface area (Å²) >= 11 is 0. The summed E-state index contributed by atoms with van der Waals surface area (Å²) in [5.74, 6) is -0.770. The molecule has 0 aliphatic rings. The number of amides is 1. The number of nitrogens with one attached hydrogen (secondary N) is 1. The SMILES string of the molecule is CC(Cc1c(F)cccc1F)NC(=O)CCc1nc(-c2cccnc2)no1. The van der Waals surface area contributed by atoms with Crippen molar-refractivity contribution in [3.05, 3.63) is 65.8 Å². The van der Waals surface area contributed by atoms with E-state index >= 15 is 0 Å². The quantitative estimate of drug-likeness (QED) is 0.689. The highest BCUT2D eigenvalue weighted by Crippen LogP contribution is 2.15. The average Bonchev–Trinajstić information content (AvgIpc) is 3.13. The van der Waals surface area contributed by atoms with Crippen LogP contribution in [0.4, 0.5) is 8.78 Å². The summed E-state index contributed by atoms with van der Waals surface area (Å²) in [6.07, 6.45) is 3.71. The fraction of sp³-hybridized carbons (Fsp3) is 0.263. The first-order valence-corrected chi connectivity index (χ1v) is 8.48. The molecule has 3 rings (SSSR count). The van der Waals surface area contributed by atoms with E-state index in [0.29, 0.717) is 11.7 Å². The van der Waals surface area contributed by atoms with E-state index in [1.54, 1.807) is 31.5 Å². The fourth-order valence-corrected chi connectivity index (χ4v) is 2.62. The third-order valence-electron chi connectivity index (χ3n) is 3.93. The lowest BCUT2D eigenvalue weighted by Crippen LogP contribution is -2.34. The molecular weight excluding hydrogens is 354 g/mol. The fourth-order valence-electron chi connectivity index (χ4n) is 2.62. The highest BCUT2D eigenvalue weighted by atomic mass is 19.1. The second-order valence-corrected chi connectivity index (χ2v) is 6.13. The van der Waals surface area contributed by atoms with Crippen molar-refractivity contribution in [1.29, 1.82) is 0 Å². The Kier molecular flexibility index (Phi) is 5.85. The van der Waals surface area contributed by atoms with Gasteiger partial charge in [-0.2, -0.15) is 4.98 Å². The third kappa shape index (κ3) is 4.93. The summed E-state index contributed by atoms with van der Waals surface area (Å²) in [5, 5.41) is 6.58. The molecule has 0 saturated heterocycles. The predicted octanol–water partition coefficient (Wildman–Crippen LogP) is 3.09. The zero-order chi connectivity index (χ0) is 19.2. The minimum Gasteiger partial charge on any atom is -0.353 e. The first kappa shape index (κ1) is 18.6. The van der Waals surface area contributed by atoms with Crippen molar-refractivity contribution in [2.45, 2.75) is 32.2 Å². The number of aryl methyl sites for hydroxylation is 1. The van der Waals surface area contributed by atoms with E-state index in [9.17, 15) is 13.6 Å². The van der Waals surface area contributed by atoms with Crippen LogP contribution in [0.15, 0.2) is 47.2 Å². The molecule has 0 saturated carbocycles. The largest absolute Gasteiger partial charge is 0.353 e. The molecule has 27 heavy (non-hydrogen) atoms. The van der Waals surface area contributed by atoms with Crippen molar-refractivity contribution in [2.75, 3.05) is 0 Å². The minimum atomic E-state index is -0.620. The van der Waals surface area contributed by atoms with E-state index in [2.05, 4.69) is 20.4 Å². The zero-order valence-electron chi connectivity index (χ0n) is 14.7. The summed E-state index contributed by atoms with van der Waals surface area (Å²) < 4.78 is 32.5. The maximum absolute atomic E-state index is 13.7. The number of benzene rings is 1. The Bertz CT molecular complexity index is 895. The number of halogens is 2. The highest BCUT2D eigenvalue weighted by Gasteiger charge is 2.15. The van der Waals surface area contributed by atoms with Gasteiger partial charge >= 0.3 is 0 Å². The molecule has 1 amide bonds. The normalized spacial score (nSPS) is 12.0. The zero-order valence-corrected chi connectivity index (χ0v) is 14.7. The van der Waals surface area contributed by atoms with Crippen molar-refractivity contribution >= 4 is 5.91 Å². The molecule has 0 radical (unpaired) electrons. The summed E-state index contributed by atoms with van der Waals surface area (Å²) in [5.41, 5.74) is 0.681. The van der Waals surface area contributed by atoms with E-state index < -0.39 is 17.7 Å². The van der Waals surface area contributed by atoms with Crippen LogP contribution in [0.2, 0.25) is 0 Å². The first-order chi connectivity index (χ1) is 13.0. The smallest absolute Gasteiger partial charge is 0.227 e. The number of carbonyl (C=O) groups excluding carboxylic acids is 1. The molecule has 6 nitrogen and oxygen atoms in total. The predicted molar refractivity (Wildman–Crippen MR) is 93.5 cm³/mol. The summed E-state index contributed by atoms with van der Waals surface area (Å²) in [4.78, 5) is 20.3. The van der Waals surface area contributed by atoms with Gasteiger partial charge in [0.1, 0.15) is 11.6 Å². The molecule has 0 aliphatic heterocycles. The molecule has 0 fully saturated rings. The van der Waals surface area contributed by atoms with E-state index in [-0.39, 0.29) is 30.7 Å². The van der Waals surface area contributed by atoms with Crippen LogP contribution in [0.5, 0.6) is 0 Å².